The van der Waals surface area contributed by atoms with E-state index in [1.54, 1.807) is 29.2 Å². The molecule has 0 saturated carbocycles. The van der Waals surface area contributed by atoms with Crippen LogP contribution in [0.5, 0.6) is 5.75 Å². The summed E-state index contributed by atoms with van der Waals surface area (Å²) in [4.78, 5) is 61.2. The first-order valence-electron chi connectivity index (χ1n) is 10.6. The quantitative estimate of drug-likeness (QED) is 0.166. The highest BCUT2D eigenvalue weighted by molar-refractivity contribution is 6.45. The van der Waals surface area contributed by atoms with Gasteiger partial charge in [-0.15, -0.1) is 0 Å². The standard InChI is InChI=1S/C23H24N6O5/c1-13-12-28(8-9-29(13)22(32)14-6-4-3-5-7-14)23(33)20(30)15-10-25-18-17(15)16(34-2)11-26-19(18)21(31)27-24/h3-7,10-11,13,25H,8-9,12,24H2,1-2H3,(H,27,31)/t13-/m1/s1. The van der Waals surface area contributed by atoms with Crippen LogP contribution < -0.4 is 16.0 Å². The van der Waals surface area contributed by atoms with Crippen LogP contribution in [-0.4, -0.2) is 76.1 Å². The van der Waals surface area contributed by atoms with Gasteiger partial charge < -0.3 is 19.5 Å². The number of H-pyrrole nitrogens is 1. The molecule has 3 aromatic rings. The number of rotatable bonds is 5. The van der Waals surface area contributed by atoms with Gasteiger partial charge in [-0.1, -0.05) is 18.2 Å². The molecule has 2 aromatic heterocycles. The van der Waals surface area contributed by atoms with Crippen LogP contribution in [0.1, 0.15) is 38.1 Å². The van der Waals surface area contributed by atoms with E-state index in [9.17, 15) is 19.2 Å². The Labute approximate surface area is 194 Å². The van der Waals surface area contributed by atoms with Crippen LogP contribution in [0.4, 0.5) is 0 Å². The number of methoxy groups -OCH3 is 1. The third kappa shape index (κ3) is 3.97. The Morgan fingerprint density at radius 3 is 2.56 bits per heavy atom. The number of benzene rings is 1. The number of aromatic nitrogens is 2. The Balaban J connectivity index is 1.56. The van der Waals surface area contributed by atoms with Gasteiger partial charge in [0.05, 0.1) is 29.8 Å². The first-order valence-corrected chi connectivity index (χ1v) is 10.6. The van der Waals surface area contributed by atoms with E-state index >= 15 is 0 Å². The number of ether oxygens (including phenoxy) is 1. The highest BCUT2D eigenvalue weighted by atomic mass is 16.5. The molecule has 0 radical (unpaired) electrons. The minimum Gasteiger partial charge on any atom is -0.494 e. The van der Waals surface area contributed by atoms with Crippen molar-refractivity contribution in [2.45, 2.75) is 13.0 Å². The van der Waals surface area contributed by atoms with E-state index in [4.69, 9.17) is 10.6 Å². The van der Waals surface area contributed by atoms with Crippen molar-refractivity contribution in [2.24, 2.45) is 5.84 Å². The third-order valence-corrected chi connectivity index (χ3v) is 5.88. The number of ketones is 1. The van der Waals surface area contributed by atoms with Gasteiger partial charge >= 0.3 is 0 Å². The Bertz CT molecular complexity index is 1270. The molecule has 11 nitrogen and oxygen atoms in total. The average molecular weight is 464 g/mol. The monoisotopic (exact) mass is 464 g/mol. The van der Waals surface area contributed by atoms with Gasteiger partial charge in [-0.3, -0.25) is 24.6 Å². The SMILES string of the molecule is COc1cnc(C(=O)NN)c2[nH]cc(C(=O)C(=O)N3CCN(C(=O)c4ccccc4)[C@H](C)C3)c12. The number of nitrogens with one attached hydrogen (secondary N) is 2. The zero-order valence-corrected chi connectivity index (χ0v) is 18.7. The van der Waals surface area contributed by atoms with Gasteiger partial charge in [-0.05, 0) is 19.1 Å². The molecule has 1 aromatic carbocycles. The molecule has 0 aliphatic carbocycles. The summed E-state index contributed by atoms with van der Waals surface area (Å²) in [6, 6.07) is 8.64. The summed E-state index contributed by atoms with van der Waals surface area (Å²) in [5.41, 5.74) is 2.82. The lowest BCUT2D eigenvalue weighted by atomic mass is 10.1. The number of fused-ring (bicyclic) bond motifs is 1. The van der Waals surface area contributed by atoms with Crippen molar-refractivity contribution < 1.29 is 23.9 Å². The van der Waals surface area contributed by atoms with Crippen LogP contribution in [0.25, 0.3) is 10.9 Å². The number of carbonyl (C=O) groups excluding carboxylic acids is 4. The van der Waals surface area contributed by atoms with Crippen molar-refractivity contribution in [3.8, 4) is 5.75 Å². The number of nitrogen functional groups attached to an aromatic ring is 1. The fourth-order valence-electron chi connectivity index (χ4n) is 4.14. The molecule has 176 valence electrons. The highest BCUT2D eigenvalue weighted by Crippen LogP contribution is 2.30. The van der Waals surface area contributed by atoms with Gasteiger partial charge in [-0.25, -0.2) is 10.8 Å². The van der Waals surface area contributed by atoms with Crippen molar-refractivity contribution in [3.05, 3.63) is 59.5 Å². The number of aromatic amines is 1. The molecule has 0 unspecified atom stereocenters. The van der Waals surface area contributed by atoms with Crippen molar-refractivity contribution >= 4 is 34.4 Å². The van der Waals surface area contributed by atoms with Crippen LogP contribution in [0.3, 0.4) is 0 Å². The molecule has 4 rings (SSSR count). The molecule has 4 N–H and O–H groups in total. The van der Waals surface area contributed by atoms with Crippen molar-refractivity contribution in [2.75, 3.05) is 26.7 Å². The molecular weight excluding hydrogens is 440 g/mol. The summed E-state index contributed by atoms with van der Waals surface area (Å²) in [7, 11) is 1.40. The normalized spacial score (nSPS) is 15.8. The molecule has 1 atom stereocenters. The van der Waals surface area contributed by atoms with Crippen LogP contribution >= 0.6 is 0 Å². The Hall–Kier alpha value is -4.25. The summed E-state index contributed by atoms with van der Waals surface area (Å²) in [6.07, 6.45) is 2.64. The molecule has 1 aliphatic heterocycles. The minimum absolute atomic E-state index is 0.0357. The van der Waals surface area contributed by atoms with Gasteiger partial charge in [0, 0.05) is 37.4 Å². The van der Waals surface area contributed by atoms with E-state index in [-0.39, 0.29) is 52.9 Å². The Morgan fingerprint density at radius 2 is 1.91 bits per heavy atom. The molecule has 1 fully saturated rings. The summed E-state index contributed by atoms with van der Waals surface area (Å²) < 4.78 is 5.30. The fourth-order valence-corrected chi connectivity index (χ4v) is 4.14. The fraction of sp³-hybridized carbons (Fsp3) is 0.261. The van der Waals surface area contributed by atoms with Crippen LogP contribution in [0, 0.1) is 0 Å². The molecule has 0 bridgehead atoms. The average Bonchev–Trinajstić information content (AvgIpc) is 3.32. The van der Waals surface area contributed by atoms with E-state index in [1.165, 1.54) is 24.4 Å². The second kappa shape index (κ2) is 9.32. The molecule has 3 heterocycles. The smallest absolute Gasteiger partial charge is 0.295 e. The number of pyridine rings is 1. The number of nitrogens with zero attached hydrogens (tertiary/aromatic N) is 3. The van der Waals surface area contributed by atoms with Crippen LogP contribution in [0.2, 0.25) is 0 Å². The third-order valence-electron chi connectivity index (χ3n) is 5.88. The number of Topliss-reactive ketones (excluding diaryl/α,β-unsaturated/α-hetero) is 1. The predicted molar refractivity (Wildman–Crippen MR) is 122 cm³/mol. The molecule has 3 amide bonds. The second-order valence-electron chi connectivity index (χ2n) is 7.89. The van der Waals surface area contributed by atoms with E-state index in [2.05, 4.69) is 9.97 Å². The first-order chi connectivity index (χ1) is 16.4. The van der Waals surface area contributed by atoms with E-state index < -0.39 is 17.6 Å². The molecule has 11 heteroatoms. The lowest BCUT2D eigenvalue weighted by molar-refractivity contribution is -0.128. The van der Waals surface area contributed by atoms with E-state index in [0.29, 0.717) is 12.1 Å². The maximum atomic E-state index is 13.2. The first kappa shape index (κ1) is 22.9. The highest BCUT2D eigenvalue weighted by Gasteiger charge is 2.34. The van der Waals surface area contributed by atoms with Crippen molar-refractivity contribution in [3.63, 3.8) is 0 Å². The minimum atomic E-state index is -0.759. The number of hydrogen-bond donors (Lipinski definition) is 3. The number of amides is 3. The summed E-state index contributed by atoms with van der Waals surface area (Å²) in [5, 5.41) is 0.264. The molecule has 34 heavy (non-hydrogen) atoms. The molecular formula is C23H24N6O5. The predicted octanol–water partition coefficient (Wildman–Crippen LogP) is 0.731. The van der Waals surface area contributed by atoms with Gasteiger partial charge in [0.25, 0.3) is 23.5 Å². The Morgan fingerprint density at radius 1 is 1.18 bits per heavy atom. The Kier molecular flexibility index (Phi) is 6.28. The lowest BCUT2D eigenvalue weighted by Crippen LogP contribution is -2.56. The molecule has 1 aliphatic rings. The van der Waals surface area contributed by atoms with Gasteiger partial charge in [0.1, 0.15) is 5.75 Å². The van der Waals surface area contributed by atoms with Crippen LogP contribution in [0.15, 0.2) is 42.7 Å². The maximum Gasteiger partial charge on any atom is 0.295 e. The van der Waals surface area contributed by atoms with Crippen LogP contribution in [-0.2, 0) is 4.79 Å². The summed E-state index contributed by atoms with van der Waals surface area (Å²) >= 11 is 0. The topological polar surface area (TPSA) is 151 Å². The van der Waals surface area contributed by atoms with Gasteiger partial charge in [-0.2, -0.15) is 0 Å². The molecule has 1 saturated heterocycles. The number of hydrogen-bond acceptors (Lipinski definition) is 7. The number of carbonyl (C=O) groups is 4. The second-order valence-corrected chi connectivity index (χ2v) is 7.89. The number of nitrogens with two attached hydrogens (primary N) is 1. The largest absolute Gasteiger partial charge is 0.494 e. The van der Waals surface area contributed by atoms with Gasteiger partial charge in [0.2, 0.25) is 0 Å². The van der Waals surface area contributed by atoms with Gasteiger partial charge in [0.15, 0.2) is 5.69 Å². The zero-order chi connectivity index (χ0) is 24.4. The van der Waals surface area contributed by atoms with Crippen molar-refractivity contribution in [1.29, 1.82) is 0 Å². The van der Waals surface area contributed by atoms with E-state index in [1.807, 2.05) is 18.4 Å². The number of piperazine rings is 1. The van der Waals surface area contributed by atoms with E-state index in [0.717, 1.165) is 0 Å². The maximum absolute atomic E-state index is 13.2. The number of hydrazine groups is 1. The molecule has 0 spiro atoms. The lowest BCUT2D eigenvalue weighted by Gasteiger charge is -2.39. The zero-order valence-electron chi connectivity index (χ0n) is 18.7. The summed E-state index contributed by atoms with van der Waals surface area (Å²) in [6.45, 7) is 2.57. The van der Waals surface area contributed by atoms with Crippen molar-refractivity contribution in [1.82, 2.24) is 25.2 Å². The summed E-state index contributed by atoms with van der Waals surface area (Å²) in [5.74, 6) is 3.21.